The molecular weight excluding hydrogens is 178 g/mol. The minimum Gasteiger partial charge on any atom is -0.392 e. The Kier molecular flexibility index (Phi) is 3.89. The summed E-state index contributed by atoms with van der Waals surface area (Å²) in [4.78, 5) is 4.19. The van der Waals surface area contributed by atoms with Gasteiger partial charge in [-0.05, 0) is 19.1 Å². The van der Waals surface area contributed by atoms with Crippen molar-refractivity contribution < 1.29 is 5.11 Å². The SMILES string of the molecule is C[C@@H](O)CNc1cccc(CC#N)n1. The lowest BCUT2D eigenvalue weighted by Crippen LogP contribution is -2.16. The number of aliphatic hydroxyl groups excluding tert-OH is 1. The van der Waals surface area contributed by atoms with Crippen molar-refractivity contribution in [3.05, 3.63) is 23.9 Å². The number of anilines is 1. The van der Waals surface area contributed by atoms with E-state index >= 15 is 0 Å². The van der Waals surface area contributed by atoms with E-state index in [0.29, 0.717) is 18.8 Å². The lowest BCUT2D eigenvalue weighted by atomic mass is 10.3. The van der Waals surface area contributed by atoms with E-state index < -0.39 is 6.10 Å². The summed E-state index contributed by atoms with van der Waals surface area (Å²) in [5.41, 5.74) is 0.739. The van der Waals surface area contributed by atoms with Gasteiger partial charge in [-0.25, -0.2) is 4.98 Å². The number of nitrogens with one attached hydrogen (secondary N) is 1. The molecule has 14 heavy (non-hydrogen) atoms. The third-order valence-electron chi connectivity index (χ3n) is 1.65. The standard InChI is InChI=1S/C10H13N3O/c1-8(14)7-12-10-4-2-3-9(13-10)5-6-11/h2-4,8,14H,5,7H2,1H3,(H,12,13)/t8-/m1/s1. The largest absolute Gasteiger partial charge is 0.392 e. The van der Waals surface area contributed by atoms with Crippen molar-refractivity contribution in [3.63, 3.8) is 0 Å². The molecule has 0 radical (unpaired) electrons. The fraction of sp³-hybridized carbons (Fsp3) is 0.400. The first-order valence-corrected chi connectivity index (χ1v) is 4.47. The first-order chi connectivity index (χ1) is 6.72. The monoisotopic (exact) mass is 191 g/mol. The number of aromatic nitrogens is 1. The van der Waals surface area contributed by atoms with E-state index in [4.69, 9.17) is 10.4 Å². The zero-order valence-electron chi connectivity index (χ0n) is 8.07. The van der Waals surface area contributed by atoms with Crippen LogP contribution in [0.3, 0.4) is 0 Å². The summed E-state index contributed by atoms with van der Waals surface area (Å²) in [5.74, 6) is 0.693. The van der Waals surface area contributed by atoms with E-state index in [1.54, 1.807) is 13.0 Å². The van der Waals surface area contributed by atoms with Crippen molar-refractivity contribution in [2.24, 2.45) is 0 Å². The predicted octanol–water partition coefficient (Wildman–Crippen LogP) is 0.940. The third-order valence-corrected chi connectivity index (χ3v) is 1.65. The van der Waals surface area contributed by atoms with Crippen LogP contribution in [0.1, 0.15) is 12.6 Å². The molecule has 0 bridgehead atoms. The summed E-state index contributed by atoms with van der Waals surface area (Å²) in [6, 6.07) is 7.48. The Balaban J connectivity index is 2.60. The highest BCUT2D eigenvalue weighted by Crippen LogP contribution is 2.04. The highest BCUT2D eigenvalue weighted by atomic mass is 16.3. The molecule has 0 unspecified atom stereocenters. The molecule has 4 heteroatoms. The van der Waals surface area contributed by atoms with Gasteiger partial charge in [-0.15, -0.1) is 0 Å². The van der Waals surface area contributed by atoms with Crippen molar-refractivity contribution in [3.8, 4) is 6.07 Å². The van der Waals surface area contributed by atoms with Crippen molar-refractivity contribution >= 4 is 5.82 Å². The predicted molar refractivity (Wildman–Crippen MR) is 53.7 cm³/mol. The Hall–Kier alpha value is -1.60. The summed E-state index contributed by atoms with van der Waals surface area (Å²) in [5, 5.41) is 20.5. The number of hydrogen-bond acceptors (Lipinski definition) is 4. The van der Waals surface area contributed by atoms with Gasteiger partial charge in [0.15, 0.2) is 0 Å². The van der Waals surface area contributed by atoms with Crippen LogP contribution in [0, 0.1) is 11.3 Å². The average molecular weight is 191 g/mol. The van der Waals surface area contributed by atoms with Crippen molar-refractivity contribution in [2.45, 2.75) is 19.4 Å². The lowest BCUT2D eigenvalue weighted by molar-refractivity contribution is 0.208. The van der Waals surface area contributed by atoms with Gasteiger partial charge in [0.25, 0.3) is 0 Å². The Morgan fingerprint density at radius 2 is 2.43 bits per heavy atom. The van der Waals surface area contributed by atoms with Gasteiger partial charge < -0.3 is 10.4 Å². The first-order valence-electron chi connectivity index (χ1n) is 4.47. The third kappa shape index (κ3) is 3.42. The van der Waals surface area contributed by atoms with Crippen LogP contribution in [0.25, 0.3) is 0 Å². The van der Waals surface area contributed by atoms with E-state index in [0.717, 1.165) is 5.69 Å². The fourth-order valence-electron chi connectivity index (χ4n) is 1.01. The van der Waals surface area contributed by atoms with E-state index in [2.05, 4.69) is 10.3 Å². The molecule has 1 rings (SSSR count). The van der Waals surface area contributed by atoms with E-state index in [1.165, 1.54) is 0 Å². The van der Waals surface area contributed by atoms with Crippen LogP contribution in [-0.2, 0) is 6.42 Å². The minimum atomic E-state index is -0.406. The smallest absolute Gasteiger partial charge is 0.126 e. The van der Waals surface area contributed by atoms with Crippen molar-refractivity contribution in [1.29, 1.82) is 5.26 Å². The molecule has 0 saturated heterocycles. The number of hydrogen-bond donors (Lipinski definition) is 2. The van der Waals surface area contributed by atoms with Gasteiger partial charge in [-0.1, -0.05) is 6.07 Å². The quantitative estimate of drug-likeness (QED) is 0.743. The van der Waals surface area contributed by atoms with Gasteiger partial charge in [0, 0.05) is 6.54 Å². The highest BCUT2D eigenvalue weighted by Gasteiger charge is 1.98. The van der Waals surface area contributed by atoms with Crippen LogP contribution >= 0.6 is 0 Å². The normalized spacial score (nSPS) is 11.8. The maximum Gasteiger partial charge on any atom is 0.126 e. The number of aliphatic hydroxyl groups is 1. The molecule has 1 atom stereocenters. The van der Waals surface area contributed by atoms with Crippen LogP contribution in [-0.4, -0.2) is 22.7 Å². The molecule has 74 valence electrons. The van der Waals surface area contributed by atoms with Crippen molar-refractivity contribution in [1.82, 2.24) is 4.98 Å². The second kappa shape index (κ2) is 5.20. The van der Waals surface area contributed by atoms with Gasteiger partial charge in [0.05, 0.1) is 24.3 Å². The Morgan fingerprint density at radius 1 is 1.64 bits per heavy atom. The molecule has 1 aromatic rings. The van der Waals surface area contributed by atoms with Crippen LogP contribution in [0.5, 0.6) is 0 Å². The first kappa shape index (κ1) is 10.5. The molecule has 1 heterocycles. The van der Waals surface area contributed by atoms with Crippen LogP contribution < -0.4 is 5.32 Å². The Morgan fingerprint density at radius 3 is 3.07 bits per heavy atom. The van der Waals surface area contributed by atoms with Gasteiger partial charge in [-0.3, -0.25) is 0 Å². The Bertz CT molecular complexity index is 330. The van der Waals surface area contributed by atoms with Crippen LogP contribution in [0.2, 0.25) is 0 Å². The molecule has 0 aliphatic rings. The summed E-state index contributed by atoms with van der Waals surface area (Å²) >= 11 is 0. The second-order valence-electron chi connectivity index (χ2n) is 3.08. The molecule has 4 nitrogen and oxygen atoms in total. The number of nitriles is 1. The molecular formula is C10H13N3O. The minimum absolute atomic E-state index is 0.310. The van der Waals surface area contributed by atoms with Gasteiger partial charge in [0.1, 0.15) is 5.82 Å². The molecule has 0 aliphatic heterocycles. The maximum absolute atomic E-state index is 9.04. The molecule has 0 amide bonds. The number of pyridine rings is 1. The van der Waals surface area contributed by atoms with Gasteiger partial charge >= 0.3 is 0 Å². The van der Waals surface area contributed by atoms with E-state index in [1.807, 2.05) is 18.2 Å². The molecule has 2 N–H and O–H groups in total. The lowest BCUT2D eigenvalue weighted by Gasteiger charge is -2.07. The molecule has 0 spiro atoms. The zero-order chi connectivity index (χ0) is 10.4. The summed E-state index contributed by atoms with van der Waals surface area (Å²) in [6.45, 7) is 2.16. The molecule has 0 aromatic carbocycles. The maximum atomic E-state index is 9.04. The van der Waals surface area contributed by atoms with Crippen LogP contribution in [0.4, 0.5) is 5.82 Å². The summed E-state index contributed by atoms with van der Waals surface area (Å²) in [7, 11) is 0. The average Bonchev–Trinajstić information content (AvgIpc) is 2.16. The molecule has 0 saturated carbocycles. The topological polar surface area (TPSA) is 68.9 Å². The zero-order valence-corrected chi connectivity index (χ0v) is 8.07. The number of nitrogens with zero attached hydrogens (tertiary/aromatic N) is 2. The van der Waals surface area contributed by atoms with Crippen LogP contribution in [0.15, 0.2) is 18.2 Å². The molecule has 1 aromatic heterocycles. The Labute approximate surface area is 83.2 Å². The van der Waals surface area contributed by atoms with E-state index in [-0.39, 0.29) is 0 Å². The number of rotatable bonds is 4. The highest BCUT2D eigenvalue weighted by molar-refractivity contribution is 5.35. The fourth-order valence-corrected chi connectivity index (χ4v) is 1.01. The molecule has 0 aliphatic carbocycles. The van der Waals surface area contributed by atoms with E-state index in [9.17, 15) is 0 Å². The van der Waals surface area contributed by atoms with Gasteiger partial charge in [0.2, 0.25) is 0 Å². The van der Waals surface area contributed by atoms with Crippen molar-refractivity contribution in [2.75, 3.05) is 11.9 Å². The molecule has 0 fully saturated rings. The van der Waals surface area contributed by atoms with Gasteiger partial charge in [-0.2, -0.15) is 5.26 Å². The summed E-state index contributed by atoms with van der Waals surface area (Å²) < 4.78 is 0. The summed E-state index contributed by atoms with van der Waals surface area (Å²) in [6.07, 6.45) is -0.0964. The second-order valence-corrected chi connectivity index (χ2v) is 3.08.